The second kappa shape index (κ2) is 32.3. The predicted molar refractivity (Wildman–Crippen MR) is 212 cm³/mol. The van der Waals surface area contributed by atoms with Gasteiger partial charge in [-0.05, 0) is 57.8 Å². The molecule has 0 amide bonds. The molecule has 0 aromatic carbocycles. The summed E-state index contributed by atoms with van der Waals surface area (Å²) < 4.78 is 33.4. The number of carbonyl (C=O) groups is 2. The van der Waals surface area contributed by atoms with Crippen molar-refractivity contribution in [2.45, 2.75) is 211 Å². The van der Waals surface area contributed by atoms with Crippen LogP contribution in [-0.4, -0.2) is 98.3 Å². The first-order valence-corrected chi connectivity index (χ1v) is 22.6. The molecule has 0 radical (unpaired) electrons. The highest BCUT2D eigenvalue weighted by Gasteiger charge is 2.51. The quantitative estimate of drug-likeness (QED) is 0.0164. The fraction of sp³-hybridized carbons (Fsp3) is 0.854. The minimum absolute atomic E-state index is 0.0863. The van der Waals surface area contributed by atoms with Crippen molar-refractivity contribution in [2.75, 3.05) is 13.2 Å². The number of allylic oxidation sites excluding steroid dienone is 4. The highest BCUT2D eigenvalue weighted by atomic mass is 31.2. The first-order valence-electron chi connectivity index (χ1n) is 21.1. The van der Waals surface area contributed by atoms with Crippen molar-refractivity contribution in [1.29, 1.82) is 0 Å². The third-order valence-corrected chi connectivity index (χ3v) is 10.8. The number of unbranched alkanes of at least 4 members (excludes halogenated alkanes) is 18. The number of esters is 2. The molecule has 13 nitrogen and oxygen atoms in total. The van der Waals surface area contributed by atoms with Crippen molar-refractivity contribution in [2.24, 2.45) is 0 Å². The van der Waals surface area contributed by atoms with Gasteiger partial charge in [-0.15, -0.1) is 0 Å². The number of carbonyl (C=O) groups excluding carboxylic acids is 2. The molecule has 6 unspecified atom stereocenters. The van der Waals surface area contributed by atoms with Crippen molar-refractivity contribution in [1.82, 2.24) is 0 Å². The first kappa shape index (κ1) is 51.3. The monoisotopic (exact) mass is 806 g/mol. The number of ether oxygens (including phenoxy) is 2. The summed E-state index contributed by atoms with van der Waals surface area (Å²) in [5.74, 6) is -1.12. The maximum absolute atomic E-state index is 12.8. The van der Waals surface area contributed by atoms with E-state index in [-0.39, 0.29) is 12.8 Å². The van der Waals surface area contributed by atoms with Gasteiger partial charge in [0.25, 0.3) is 0 Å². The molecule has 322 valence electrons. The Morgan fingerprint density at radius 3 is 1.44 bits per heavy atom. The molecule has 55 heavy (non-hydrogen) atoms. The fourth-order valence-electron chi connectivity index (χ4n) is 6.26. The van der Waals surface area contributed by atoms with Crippen LogP contribution in [0.4, 0.5) is 0 Å². The third kappa shape index (κ3) is 25.3. The van der Waals surface area contributed by atoms with E-state index in [4.69, 9.17) is 18.5 Å². The Morgan fingerprint density at radius 2 is 0.945 bits per heavy atom. The van der Waals surface area contributed by atoms with Gasteiger partial charge in [0.1, 0.15) is 43.2 Å². The molecule has 0 bridgehead atoms. The molecule has 0 aliphatic heterocycles. The van der Waals surface area contributed by atoms with Crippen LogP contribution in [0.3, 0.4) is 0 Å². The number of aliphatic hydroxyl groups excluding tert-OH is 5. The number of phosphoric ester groups is 1. The van der Waals surface area contributed by atoms with E-state index in [0.29, 0.717) is 12.8 Å². The second-order valence-corrected chi connectivity index (χ2v) is 16.2. The van der Waals surface area contributed by atoms with Gasteiger partial charge in [0, 0.05) is 12.8 Å². The molecule has 0 aromatic heterocycles. The van der Waals surface area contributed by atoms with E-state index in [1.165, 1.54) is 51.4 Å². The Labute approximate surface area is 330 Å². The fourth-order valence-corrected chi connectivity index (χ4v) is 7.23. The van der Waals surface area contributed by atoms with E-state index in [1.807, 2.05) is 0 Å². The zero-order valence-electron chi connectivity index (χ0n) is 33.7. The van der Waals surface area contributed by atoms with Crippen molar-refractivity contribution in [3.05, 3.63) is 24.3 Å². The van der Waals surface area contributed by atoms with Gasteiger partial charge in [-0.3, -0.25) is 18.6 Å². The van der Waals surface area contributed by atoms with E-state index in [2.05, 4.69) is 38.2 Å². The maximum Gasteiger partial charge on any atom is 0.472 e. The zero-order valence-corrected chi connectivity index (χ0v) is 34.6. The van der Waals surface area contributed by atoms with Gasteiger partial charge in [0.15, 0.2) is 6.10 Å². The molecule has 1 aliphatic carbocycles. The average molecular weight is 807 g/mol. The van der Waals surface area contributed by atoms with Gasteiger partial charge in [0.05, 0.1) is 6.61 Å². The molecule has 1 saturated carbocycles. The highest BCUT2D eigenvalue weighted by Crippen LogP contribution is 2.47. The standard InChI is InChI=1S/C41H75O13P/c1-3-5-7-9-11-13-15-16-17-18-20-22-24-26-28-30-35(43)53-33(31-51-34(42)29-27-25-23-21-19-14-12-10-8-6-4-2)32-52-55(49,50)54-41-39(47)37(45)36(44)38(46)40(41)48/h10,12,16-17,33,36-41,44-48H,3-9,11,13-15,18-32H2,1-2H3,(H,49,50)/b12-10+,17-16+/t33-,36?,37-,38?,39?,40?,41?/m1/s1. The van der Waals surface area contributed by atoms with Gasteiger partial charge < -0.3 is 39.9 Å². The van der Waals surface area contributed by atoms with Crippen LogP contribution in [0.5, 0.6) is 0 Å². The summed E-state index contributed by atoms with van der Waals surface area (Å²) in [6.45, 7) is 3.22. The van der Waals surface area contributed by atoms with Crippen molar-refractivity contribution in [3.8, 4) is 0 Å². The van der Waals surface area contributed by atoms with Crippen LogP contribution in [0.2, 0.25) is 0 Å². The van der Waals surface area contributed by atoms with E-state index in [9.17, 15) is 44.6 Å². The zero-order chi connectivity index (χ0) is 40.7. The number of hydrogen-bond donors (Lipinski definition) is 6. The molecule has 1 fully saturated rings. The summed E-state index contributed by atoms with van der Waals surface area (Å²) in [5, 5.41) is 50.0. The van der Waals surface area contributed by atoms with Crippen LogP contribution in [0.1, 0.15) is 168 Å². The molecule has 14 heteroatoms. The lowest BCUT2D eigenvalue weighted by molar-refractivity contribution is -0.220. The molecule has 1 rings (SSSR count). The van der Waals surface area contributed by atoms with Crippen molar-refractivity contribution < 1.29 is 63.1 Å². The molecule has 0 heterocycles. The van der Waals surface area contributed by atoms with E-state index in [0.717, 1.165) is 77.0 Å². The van der Waals surface area contributed by atoms with Gasteiger partial charge in [0.2, 0.25) is 0 Å². The summed E-state index contributed by atoms with van der Waals surface area (Å²) in [5.41, 5.74) is 0. The number of phosphoric acid groups is 1. The van der Waals surface area contributed by atoms with E-state index < -0.39 is 75.7 Å². The Hall–Kier alpha value is -1.67. The lowest BCUT2D eigenvalue weighted by atomic mass is 9.85. The maximum atomic E-state index is 12.8. The SMILES string of the molecule is CCCC/C=C/CCCCCCCC(=O)OC[C@H](COP(=O)(O)OC1C(O)C(O)C(O)[C@@H](O)C1O)OC(=O)CCCCCCC/C=C/CCCCCCCC. The van der Waals surface area contributed by atoms with Gasteiger partial charge in [-0.25, -0.2) is 4.57 Å². The predicted octanol–water partition coefficient (Wildman–Crippen LogP) is 7.28. The smallest absolute Gasteiger partial charge is 0.462 e. The topological polar surface area (TPSA) is 210 Å². The van der Waals surface area contributed by atoms with Crippen LogP contribution in [-0.2, 0) is 32.7 Å². The summed E-state index contributed by atoms with van der Waals surface area (Å²) in [6.07, 6.45) is 19.6. The molecule has 0 spiro atoms. The number of rotatable bonds is 34. The van der Waals surface area contributed by atoms with Crippen molar-refractivity contribution >= 4 is 19.8 Å². The minimum Gasteiger partial charge on any atom is -0.462 e. The Morgan fingerprint density at radius 1 is 0.545 bits per heavy atom. The average Bonchev–Trinajstić information content (AvgIpc) is 3.16. The second-order valence-electron chi connectivity index (χ2n) is 14.8. The lowest BCUT2D eigenvalue weighted by Crippen LogP contribution is -2.64. The Bertz CT molecular complexity index is 1070. The highest BCUT2D eigenvalue weighted by molar-refractivity contribution is 7.47. The van der Waals surface area contributed by atoms with E-state index in [1.54, 1.807) is 0 Å². The van der Waals surface area contributed by atoms with Crippen LogP contribution >= 0.6 is 7.82 Å². The van der Waals surface area contributed by atoms with Crippen LogP contribution < -0.4 is 0 Å². The molecule has 8 atom stereocenters. The van der Waals surface area contributed by atoms with Gasteiger partial charge in [-0.1, -0.05) is 122 Å². The lowest BCUT2D eigenvalue weighted by Gasteiger charge is -2.41. The van der Waals surface area contributed by atoms with Gasteiger partial charge in [-0.2, -0.15) is 0 Å². The van der Waals surface area contributed by atoms with E-state index >= 15 is 0 Å². The molecular formula is C41H75O13P. The molecule has 0 aromatic rings. The van der Waals surface area contributed by atoms with Crippen LogP contribution in [0.25, 0.3) is 0 Å². The minimum atomic E-state index is -5.11. The largest absolute Gasteiger partial charge is 0.472 e. The van der Waals surface area contributed by atoms with Crippen LogP contribution in [0.15, 0.2) is 24.3 Å². The Balaban J connectivity index is 2.51. The molecular weight excluding hydrogens is 731 g/mol. The normalized spacial score (nSPS) is 23.3. The first-order chi connectivity index (χ1) is 26.4. The summed E-state index contributed by atoms with van der Waals surface area (Å²) >= 11 is 0. The number of aliphatic hydroxyl groups is 5. The summed E-state index contributed by atoms with van der Waals surface area (Å²) in [7, 11) is -5.11. The van der Waals surface area contributed by atoms with Crippen molar-refractivity contribution in [3.63, 3.8) is 0 Å². The summed E-state index contributed by atoms with van der Waals surface area (Å²) in [4.78, 5) is 35.5. The van der Waals surface area contributed by atoms with Gasteiger partial charge >= 0.3 is 19.8 Å². The Kier molecular flexibility index (Phi) is 30.2. The number of hydrogen-bond acceptors (Lipinski definition) is 12. The molecule has 1 aliphatic rings. The third-order valence-electron chi connectivity index (χ3n) is 9.77. The molecule has 0 saturated heterocycles. The van der Waals surface area contributed by atoms with Crippen LogP contribution in [0, 0.1) is 0 Å². The molecule has 6 N–H and O–H groups in total. The summed E-state index contributed by atoms with van der Waals surface area (Å²) in [6, 6.07) is 0.